The molecule has 1 fully saturated rings. The van der Waals surface area contributed by atoms with E-state index >= 15 is 0 Å². The second kappa shape index (κ2) is 4.20. The van der Waals surface area contributed by atoms with Crippen molar-refractivity contribution in [1.82, 2.24) is 9.97 Å². The molecule has 2 aromatic heterocycles. The van der Waals surface area contributed by atoms with Gasteiger partial charge in [0.25, 0.3) is 0 Å². The number of aromatic nitrogens is 2. The molecule has 1 N–H and O–H groups in total. The van der Waals surface area contributed by atoms with Crippen LogP contribution in [-0.2, 0) is 4.74 Å². The Balaban J connectivity index is 2.13. The molecule has 1 aliphatic carbocycles. The maximum Gasteiger partial charge on any atom is 0.348 e. The third-order valence-corrected chi connectivity index (χ3v) is 4.20. The van der Waals surface area contributed by atoms with Crippen LogP contribution in [-0.4, -0.2) is 29.1 Å². The Hall–Kier alpha value is -1.69. The molecule has 2 aromatic rings. The van der Waals surface area contributed by atoms with Crippen LogP contribution in [0, 0.1) is 6.92 Å². The second-order valence-electron chi connectivity index (χ2n) is 4.37. The van der Waals surface area contributed by atoms with E-state index in [2.05, 4.69) is 15.3 Å². The summed E-state index contributed by atoms with van der Waals surface area (Å²) < 4.78 is 4.78. The van der Waals surface area contributed by atoms with Crippen molar-refractivity contribution in [1.29, 1.82) is 0 Å². The van der Waals surface area contributed by atoms with Crippen LogP contribution in [0.25, 0.3) is 10.2 Å². The highest BCUT2D eigenvalue weighted by Crippen LogP contribution is 2.35. The Bertz CT molecular complexity index is 619. The van der Waals surface area contributed by atoms with Gasteiger partial charge in [0.05, 0.1) is 12.5 Å². The quantitative estimate of drug-likeness (QED) is 0.861. The number of nitrogens with zero attached hydrogens (tertiary/aromatic N) is 2. The Kier molecular flexibility index (Phi) is 2.66. The maximum absolute atomic E-state index is 11.7. The topological polar surface area (TPSA) is 64.1 Å². The van der Waals surface area contributed by atoms with Gasteiger partial charge in [-0.25, -0.2) is 14.8 Å². The van der Waals surface area contributed by atoms with Crippen molar-refractivity contribution in [3.05, 3.63) is 16.8 Å². The van der Waals surface area contributed by atoms with Gasteiger partial charge >= 0.3 is 5.97 Å². The highest BCUT2D eigenvalue weighted by molar-refractivity contribution is 7.20. The molecule has 0 amide bonds. The van der Waals surface area contributed by atoms with E-state index in [4.69, 9.17) is 4.74 Å². The summed E-state index contributed by atoms with van der Waals surface area (Å²) in [4.78, 5) is 21.6. The number of esters is 1. The van der Waals surface area contributed by atoms with Crippen molar-refractivity contribution in [3.63, 3.8) is 0 Å². The van der Waals surface area contributed by atoms with Gasteiger partial charge in [-0.05, 0) is 25.3 Å². The smallest absolute Gasteiger partial charge is 0.348 e. The average molecular weight is 263 g/mol. The molecule has 6 heteroatoms. The summed E-state index contributed by atoms with van der Waals surface area (Å²) in [7, 11) is 1.39. The van der Waals surface area contributed by atoms with Crippen molar-refractivity contribution >= 4 is 33.3 Å². The Labute approximate surface area is 108 Å². The summed E-state index contributed by atoms with van der Waals surface area (Å²) in [6, 6.07) is 0.518. The maximum atomic E-state index is 11.7. The molecule has 1 saturated carbocycles. The molecule has 0 radical (unpaired) electrons. The van der Waals surface area contributed by atoms with Gasteiger partial charge in [0.2, 0.25) is 0 Å². The van der Waals surface area contributed by atoms with Crippen LogP contribution < -0.4 is 5.32 Å². The minimum Gasteiger partial charge on any atom is -0.465 e. The fourth-order valence-corrected chi connectivity index (χ4v) is 2.96. The predicted molar refractivity (Wildman–Crippen MR) is 70.1 cm³/mol. The number of carbonyl (C=O) groups excluding carboxylic acids is 1. The van der Waals surface area contributed by atoms with Gasteiger partial charge in [-0.3, -0.25) is 0 Å². The molecule has 0 bridgehead atoms. The van der Waals surface area contributed by atoms with E-state index in [9.17, 15) is 4.79 Å². The lowest BCUT2D eigenvalue weighted by Crippen LogP contribution is -2.04. The lowest BCUT2D eigenvalue weighted by molar-refractivity contribution is 0.0605. The first-order valence-corrected chi connectivity index (χ1v) is 6.61. The molecule has 0 spiro atoms. The Morgan fingerprint density at radius 2 is 2.28 bits per heavy atom. The van der Waals surface area contributed by atoms with Crippen LogP contribution in [0.3, 0.4) is 0 Å². The van der Waals surface area contributed by atoms with Crippen molar-refractivity contribution in [3.8, 4) is 0 Å². The van der Waals surface area contributed by atoms with Crippen molar-refractivity contribution in [2.24, 2.45) is 0 Å². The number of aryl methyl sites for hydroxylation is 1. The number of anilines is 1. The van der Waals surface area contributed by atoms with Crippen molar-refractivity contribution < 1.29 is 9.53 Å². The number of nitrogens with one attached hydrogen (secondary N) is 1. The molecule has 0 aliphatic heterocycles. The Morgan fingerprint density at radius 3 is 2.94 bits per heavy atom. The monoisotopic (exact) mass is 263 g/mol. The molecular formula is C12H13N3O2S. The zero-order valence-corrected chi connectivity index (χ0v) is 11.0. The summed E-state index contributed by atoms with van der Waals surface area (Å²) >= 11 is 1.35. The predicted octanol–water partition coefficient (Wildman–Crippen LogP) is 2.36. The number of thiophene rings is 1. The first-order chi connectivity index (χ1) is 8.70. The third kappa shape index (κ3) is 1.82. The number of hydrogen-bond donors (Lipinski definition) is 1. The summed E-state index contributed by atoms with van der Waals surface area (Å²) in [5.74, 6) is 0.513. The molecule has 3 rings (SSSR count). The molecule has 1 aliphatic rings. The van der Waals surface area contributed by atoms with Gasteiger partial charge in [0, 0.05) is 6.04 Å². The molecule has 0 unspecified atom stereocenters. The van der Waals surface area contributed by atoms with E-state index in [1.54, 1.807) is 0 Å². The van der Waals surface area contributed by atoms with Gasteiger partial charge in [-0.15, -0.1) is 11.3 Å². The molecule has 2 heterocycles. The van der Waals surface area contributed by atoms with Crippen LogP contribution >= 0.6 is 11.3 Å². The van der Waals surface area contributed by atoms with Crippen molar-refractivity contribution in [2.75, 3.05) is 12.4 Å². The van der Waals surface area contributed by atoms with E-state index in [-0.39, 0.29) is 5.97 Å². The third-order valence-electron chi connectivity index (χ3n) is 3.02. The van der Waals surface area contributed by atoms with Gasteiger partial charge in [0.1, 0.15) is 21.9 Å². The molecular weight excluding hydrogens is 250 g/mol. The number of carbonyl (C=O) groups is 1. The number of fused-ring (bicyclic) bond motifs is 1. The molecule has 0 aromatic carbocycles. The van der Waals surface area contributed by atoms with Crippen LogP contribution in [0.4, 0.5) is 5.82 Å². The summed E-state index contributed by atoms with van der Waals surface area (Å²) in [5, 5.41) is 4.31. The molecule has 5 nitrogen and oxygen atoms in total. The van der Waals surface area contributed by atoms with Crippen LogP contribution in [0.5, 0.6) is 0 Å². The van der Waals surface area contributed by atoms with Gasteiger partial charge in [0.15, 0.2) is 0 Å². The van der Waals surface area contributed by atoms with Gasteiger partial charge in [-0.1, -0.05) is 0 Å². The summed E-state index contributed by atoms with van der Waals surface area (Å²) in [6.45, 7) is 1.91. The Morgan fingerprint density at radius 1 is 1.50 bits per heavy atom. The molecule has 94 valence electrons. The lowest BCUT2D eigenvalue weighted by atomic mass is 10.2. The van der Waals surface area contributed by atoms with E-state index in [1.807, 2.05) is 6.92 Å². The van der Waals surface area contributed by atoms with E-state index in [0.717, 1.165) is 21.6 Å². The number of rotatable bonds is 3. The van der Waals surface area contributed by atoms with Gasteiger partial charge < -0.3 is 10.1 Å². The van der Waals surface area contributed by atoms with E-state index in [0.29, 0.717) is 10.9 Å². The SMILES string of the molecule is COC(=O)c1sc2ncnc(NC3CC3)c2c1C. The number of ether oxygens (including phenoxy) is 1. The zero-order valence-electron chi connectivity index (χ0n) is 10.2. The summed E-state index contributed by atoms with van der Waals surface area (Å²) in [6.07, 6.45) is 3.89. The lowest BCUT2D eigenvalue weighted by Gasteiger charge is -2.05. The first kappa shape index (κ1) is 11.4. The minimum atomic E-state index is -0.312. The normalized spacial score (nSPS) is 14.8. The standard InChI is InChI=1S/C12H13N3O2S/c1-6-8-10(15-7-3-4-7)13-5-14-11(8)18-9(6)12(16)17-2/h5,7H,3-4H2,1-2H3,(H,13,14,15). The second-order valence-corrected chi connectivity index (χ2v) is 5.37. The summed E-state index contributed by atoms with van der Waals surface area (Å²) in [5.41, 5.74) is 0.894. The molecule has 0 saturated heterocycles. The van der Waals surface area contributed by atoms with Crippen LogP contribution in [0.1, 0.15) is 28.1 Å². The highest BCUT2D eigenvalue weighted by atomic mass is 32.1. The van der Waals surface area contributed by atoms with Crippen molar-refractivity contribution in [2.45, 2.75) is 25.8 Å². The number of hydrogen-bond acceptors (Lipinski definition) is 6. The highest BCUT2D eigenvalue weighted by Gasteiger charge is 2.25. The van der Waals surface area contributed by atoms with Crippen LogP contribution in [0.2, 0.25) is 0 Å². The average Bonchev–Trinajstić information content (AvgIpc) is 3.12. The molecule has 0 atom stereocenters. The van der Waals surface area contributed by atoms with Gasteiger partial charge in [-0.2, -0.15) is 0 Å². The van der Waals surface area contributed by atoms with E-state index < -0.39 is 0 Å². The minimum absolute atomic E-state index is 0.312. The fourth-order valence-electron chi connectivity index (χ4n) is 1.89. The number of methoxy groups -OCH3 is 1. The molecule has 18 heavy (non-hydrogen) atoms. The fraction of sp³-hybridized carbons (Fsp3) is 0.417. The first-order valence-electron chi connectivity index (χ1n) is 5.79. The van der Waals surface area contributed by atoms with E-state index in [1.165, 1.54) is 37.6 Å². The van der Waals surface area contributed by atoms with Crippen LogP contribution in [0.15, 0.2) is 6.33 Å². The zero-order chi connectivity index (χ0) is 12.7. The largest absolute Gasteiger partial charge is 0.465 e.